The predicted molar refractivity (Wildman–Crippen MR) is 66.5 cm³/mol. The average Bonchev–Trinajstić information content (AvgIpc) is 2.72. The Balaban J connectivity index is 2.53. The van der Waals surface area contributed by atoms with Gasteiger partial charge >= 0.3 is 12.0 Å². The van der Waals surface area contributed by atoms with Gasteiger partial charge in [0.2, 0.25) is 0 Å². The molecule has 2 N–H and O–H groups in total. The Hall–Kier alpha value is -1.30. The van der Waals surface area contributed by atoms with Gasteiger partial charge in [-0.2, -0.15) is 0 Å². The zero-order valence-electron chi connectivity index (χ0n) is 11.4. The van der Waals surface area contributed by atoms with E-state index in [1.807, 2.05) is 6.92 Å². The lowest BCUT2D eigenvalue weighted by molar-refractivity contribution is -0.146. The molecule has 1 heterocycles. The summed E-state index contributed by atoms with van der Waals surface area (Å²) in [5, 5.41) is 11.8. The molecule has 0 radical (unpaired) electrons. The number of hydrogen-bond acceptors (Lipinski definition) is 3. The lowest BCUT2D eigenvalue weighted by Gasteiger charge is -2.33. The lowest BCUT2D eigenvalue weighted by Crippen LogP contribution is -2.55. The highest BCUT2D eigenvalue weighted by molar-refractivity contribution is 5.85. The van der Waals surface area contributed by atoms with Crippen LogP contribution in [0.4, 0.5) is 4.79 Å². The maximum Gasteiger partial charge on any atom is 0.329 e. The SMILES string of the molecule is CN(C(=O)NCC1(C)CCCO1)C(C)(C)C(=O)O. The quantitative estimate of drug-likeness (QED) is 0.790. The van der Waals surface area contributed by atoms with Gasteiger partial charge in [-0.05, 0) is 33.6 Å². The van der Waals surface area contributed by atoms with Gasteiger partial charge in [0.05, 0.1) is 5.60 Å². The molecular formula is C12H22N2O4. The molecule has 0 bridgehead atoms. The van der Waals surface area contributed by atoms with Gasteiger partial charge in [0, 0.05) is 20.2 Å². The van der Waals surface area contributed by atoms with Crippen molar-refractivity contribution in [2.24, 2.45) is 0 Å². The summed E-state index contributed by atoms with van der Waals surface area (Å²) in [4.78, 5) is 24.1. The molecule has 0 aliphatic carbocycles. The number of urea groups is 1. The van der Waals surface area contributed by atoms with E-state index in [2.05, 4.69) is 5.32 Å². The van der Waals surface area contributed by atoms with Crippen molar-refractivity contribution in [1.29, 1.82) is 0 Å². The Kier molecular flexibility index (Phi) is 4.21. The van der Waals surface area contributed by atoms with E-state index < -0.39 is 17.5 Å². The predicted octanol–water partition coefficient (Wildman–Crippen LogP) is 1.06. The number of carbonyl (C=O) groups is 2. The third-order valence-corrected chi connectivity index (χ3v) is 3.58. The number of rotatable bonds is 4. The fourth-order valence-electron chi connectivity index (χ4n) is 1.75. The molecule has 6 nitrogen and oxygen atoms in total. The van der Waals surface area contributed by atoms with E-state index >= 15 is 0 Å². The van der Waals surface area contributed by atoms with Crippen LogP contribution in [0.1, 0.15) is 33.6 Å². The summed E-state index contributed by atoms with van der Waals surface area (Å²) in [7, 11) is 1.47. The summed E-state index contributed by atoms with van der Waals surface area (Å²) >= 11 is 0. The highest BCUT2D eigenvalue weighted by Crippen LogP contribution is 2.24. The van der Waals surface area contributed by atoms with Gasteiger partial charge in [0.1, 0.15) is 5.54 Å². The van der Waals surface area contributed by atoms with Gasteiger partial charge in [0.15, 0.2) is 0 Å². The molecule has 1 saturated heterocycles. The number of aliphatic carboxylic acids is 1. The minimum atomic E-state index is -1.23. The summed E-state index contributed by atoms with van der Waals surface area (Å²) in [6.07, 6.45) is 1.89. The van der Waals surface area contributed by atoms with Crippen LogP contribution in [0.25, 0.3) is 0 Å². The lowest BCUT2D eigenvalue weighted by atomic mass is 10.0. The van der Waals surface area contributed by atoms with Crippen LogP contribution in [0.3, 0.4) is 0 Å². The third-order valence-electron chi connectivity index (χ3n) is 3.58. The summed E-state index contributed by atoms with van der Waals surface area (Å²) in [6, 6.07) is -0.404. The number of nitrogens with one attached hydrogen (secondary N) is 1. The molecule has 6 heteroatoms. The number of hydrogen-bond donors (Lipinski definition) is 2. The molecule has 0 saturated carbocycles. The number of carbonyl (C=O) groups excluding carboxylic acids is 1. The standard InChI is InChI=1S/C12H22N2O4/c1-11(2,9(15)16)14(4)10(17)13-8-12(3)6-5-7-18-12/h5-8H2,1-4H3,(H,13,17)(H,15,16). The van der Waals surface area contributed by atoms with Gasteiger partial charge in [-0.25, -0.2) is 9.59 Å². The van der Waals surface area contributed by atoms with Gasteiger partial charge in [-0.3, -0.25) is 0 Å². The first-order valence-corrected chi connectivity index (χ1v) is 6.08. The Morgan fingerprint density at radius 3 is 2.56 bits per heavy atom. The van der Waals surface area contributed by atoms with Gasteiger partial charge < -0.3 is 20.1 Å². The summed E-state index contributed by atoms with van der Waals surface area (Å²) in [5.41, 5.74) is -1.56. The maximum atomic E-state index is 11.9. The Bertz CT molecular complexity index is 335. The van der Waals surface area contributed by atoms with Crippen molar-refractivity contribution in [2.75, 3.05) is 20.2 Å². The fourth-order valence-corrected chi connectivity index (χ4v) is 1.75. The zero-order chi connectivity index (χ0) is 14.0. The number of ether oxygens (including phenoxy) is 1. The van der Waals surface area contributed by atoms with Crippen molar-refractivity contribution >= 4 is 12.0 Å². The zero-order valence-corrected chi connectivity index (χ0v) is 11.4. The van der Waals surface area contributed by atoms with Crippen molar-refractivity contribution in [1.82, 2.24) is 10.2 Å². The molecule has 0 aromatic rings. The van der Waals surface area contributed by atoms with E-state index in [9.17, 15) is 9.59 Å². The first-order chi connectivity index (χ1) is 8.19. The monoisotopic (exact) mass is 258 g/mol. The first kappa shape index (κ1) is 14.8. The second-order valence-electron chi connectivity index (χ2n) is 5.48. The number of nitrogens with zero attached hydrogens (tertiary/aromatic N) is 1. The van der Waals surface area contributed by atoms with E-state index in [-0.39, 0.29) is 5.60 Å². The topological polar surface area (TPSA) is 78.9 Å². The normalized spacial score (nSPS) is 23.8. The number of carboxylic acid groups (broad SMARTS) is 1. The summed E-state index contributed by atoms with van der Waals surface area (Å²) < 4.78 is 5.55. The van der Waals surface area contributed by atoms with E-state index in [0.717, 1.165) is 12.8 Å². The van der Waals surface area contributed by atoms with Crippen LogP contribution in [0.2, 0.25) is 0 Å². The molecule has 0 aromatic heterocycles. The second kappa shape index (κ2) is 5.14. The molecular weight excluding hydrogens is 236 g/mol. The molecule has 1 aliphatic rings. The minimum absolute atomic E-state index is 0.329. The molecule has 18 heavy (non-hydrogen) atoms. The van der Waals surface area contributed by atoms with E-state index in [1.54, 1.807) is 0 Å². The highest BCUT2D eigenvalue weighted by Gasteiger charge is 2.36. The van der Waals surface area contributed by atoms with E-state index in [4.69, 9.17) is 9.84 Å². The van der Waals surface area contributed by atoms with Crippen LogP contribution in [-0.2, 0) is 9.53 Å². The Morgan fingerprint density at radius 2 is 2.11 bits per heavy atom. The Labute approximate surface area is 107 Å². The van der Waals surface area contributed by atoms with E-state index in [1.165, 1.54) is 25.8 Å². The smallest absolute Gasteiger partial charge is 0.329 e. The number of amides is 2. The van der Waals surface area contributed by atoms with Crippen LogP contribution in [0.15, 0.2) is 0 Å². The van der Waals surface area contributed by atoms with Gasteiger partial charge in [0.25, 0.3) is 0 Å². The average molecular weight is 258 g/mol. The van der Waals surface area contributed by atoms with Crippen molar-refractivity contribution in [2.45, 2.75) is 44.8 Å². The van der Waals surface area contributed by atoms with Crippen LogP contribution in [0.5, 0.6) is 0 Å². The molecule has 104 valence electrons. The second-order valence-corrected chi connectivity index (χ2v) is 5.48. The molecule has 2 amide bonds. The van der Waals surface area contributed by atoms with Crippen molar-refractivity contribution < 1.29 is 19.4 Å². The number of carboxylic acids is 1. The van der Waals surface area contributed by atoms with Crippen molar-refractivity contribution in [3.63, 3.8) is 0 Å². The third kappa shape index (κ3) is 3.13. The largest absolute Gasteiger partial charge is 0.480 e. The first-order valence-electron chi connectivity index (χ1n) is 6.08. The molecule has 1 aliphatic heterocycles. The summed E-state index contributed by atoms with van der Waals surface area (Å²) in [5.74, 6) is -1.04. The van der Waals surface area contributed by atoms with Crippen LogP contribution >= 0.6 is 0 Å². The van der Waals surface area contributed by atoms with Crippen molar-refractivity contribution in [3.05, 3.63) is 0 Å². The van der Waals surface area contributed by atoms with Crippen LogP contribution in [-0.4, -0.2) is 53.3 Å². The van der Waals surface area contributed by atoms with E-state index in [0.29, 0.717) is 13.2 Å². The molecule has 1 atom stereocenters. The van der Waals surface area contributed by atoms with Gasteiger partial charge in [-0.15, -0.1) is 0 Å². The van der Waals surface area contributed by atoms with Gasteiger partial charge in [-0.1, -0.05) is 0 Å². The van der Waals surface area contributed by atoms with Crippen LogP contribution in [0, 0.1) is 0 Å². The maximum absolute atomic E-state index is 11.9. The highest BCUT2D eigenvalue weighted by atomic mass is 16.5. The molecule has 1 fully saturated rings. The molecule has 1 rings (SSSR count). The Morgan fingerprint density at radius 1 is 1.50 bits per heavy atom. The summed E-state index contributed by atoms with van der Waals surface area (Å²) in [6.45, 7) is 6.03. The minimum Gasteiger partial charge on any atom is -0.480 e. The fraction of sp³-hybridized carbons (Fsp3) is 0.833. The molecule has 1 unspecified atom stereocenters. The van der Waals surface area contributed by atoms with Crippen molar-refractivity contribution in [3.8, 4) is 0 Å². The van der Waals surface area contributed by atoms with Crippen LogP contribution < -0.4 is 5.32 Å². The molecule has 0 spiro atoms. The number of likely N-dealkylation sites (N-methyl/N-ethyl adjacent to an activating group) is 1. The molecule has 0 aromatic carbocycles.